The lowest BCUT2D eigenvalue weighted by Gasteiger charge is -2.31. The monoisotopic (exact) mass is 764 g/mol. The molecule has 0 amide bonds. The molecule has 0 N–H and O–H groups in total. The summed E-state index contributed by atoms with van der Waals surface area (Å²) in [7, 11) is 0. The Morgan fingerprint density at radius 1 is 0.300 bits per heavy atom. The number of para-hydroxylation sites is 3. The molecule has 0 saturated carbocycles. The van der Waals surface area contributed by atoms with Crippen LogP contribution in [0.5, 0.6) is 0 Å². The van der Waals surface area contributed by atoms with Gasteiger partial charge in [0.15, 0.2) is 0 Å². The maximum Gasteiger partial charge on any atom is 0.0542 e. The van der Waals surface area contributed by atoms with Crippen molar-refractivity contribution >= 4 is 49.6 Å². The first-order valence-electron chi connectivity index (χ1n) is 20.6. The lowest BCUT2D eigenvalue weighted by molar-refractivity contribution is 1.18. The molecule has 0 aliphatic rings. The Morgan fingerprint density at radius 3 is 1.58 bits per heavy atom. The van der Waals surface area contributed by atoms with Gasteiger partial charge >= 0.3 is 0 Å². The second-order valence-corrected chi connectivity index (χ2v) is 15.3. The summed E-state index contributed by atoms with van der Waals surface area (Å²) in [6, 6.07) is 88.0. The number of aromatic nitrogens is 1. The molecule has 11 aromatic rings. The topological polar surface area (TPSA) is 8.17 Å². The van der Waals surface area contributed by atoms with E-state index in [1.807, 2.05) is 0 Å². The average molecular weight is 765 g/mol. The van der Waals surface area contributed by atoms with Gasteiger partial charge in [-0.15, -0.1) is 0 Å². The van der Waals surface area contributed by atoms with Crippen molar-refractivity contribution in [3.8, 4) is 50.2 Å². The van der Waals surface area contributed by atoms with E-state index in [9.17, 15) is 0 Å². The maximum atomic E-state index is 2.49. The van der Waals surface area contributed by atoms with Gasteiger partial charge in [-0.1, -0.05) is 188 Å². The normalized spacial score (nSPS) is 11.3. The molecule has 0 radical (unpaired) electrons. The molecule has 1 heterocycles. The lowest BCUT2D eigenvalue weighted by Crippen LogP contribution is -2.12. The minimum Gasteiger partial charge on any atom is -0.309 e. The first kappa shape index (κ1) is 35.2. The molecule has 11 rings (SSSR count). The predicted octanol–water partition coefficient (Wildman–Crippen LogP) is 16.1. The number of rotatable bonds is 8. The average Bonchev–Trinajstić information content (AvgIpc) is 3.66. The molecule has 0 saturated heterocycles. The van der Waals surface area contributed by atoms with Crippen molar-refractivity contribution in [2.45, 2.75) is 0 Å². The lowest BCUT2D eigenvalue weighted by atomic mass is 9.90. The van der Waals surface area contributed by atoms with E-state index in [0.29, 0.717) is 0 Å². The SMILES string of the molecule is c1ccc(-c2ccc(N(c3ccc4c(c3)c3ccccc3n4-c3ccccc3)c3ccccc3-c3cccc4cccc(-c5ccccc5)c34)c(-c3ccccc3)c2)cc1. The summed E-state index contributed by atoms with van der Waals surface area (Å²) in [5, 5.41) is 4.87. The Balaban J connectivity index is 1.21. The Bertz CT molecular complexity index is 3290. The molecule has 2 nitrogen and oxygen atoms in total. The number of benzene rings is 10. The van der Waals surface area contributed by atoms with Crippen molar-refractivity contribution in [2.75, 3.05) is 4.90 Å². The second-order valence-electron chi connectivity index (χ2n) is 15.3. The zero-order chi connectivity index (χ0) is 39.8. The van der Waals surface area contributed by atoms with Gasteiger partial charge in [0.25, 0.3) is 0 Å². The third-order valence-electron chi connectivity index (χ3n) is 11.8. The molecule has 0 unspecified atom stereocenters. The van der Waals surface area contributed by atoms with E-state index in [1.54, 1.807) is 0 Å². The first-order chi connectivity index (χ1) is 29.8. The molecule has 0 fully saturated rings. The van der Waals surface area contributed by atoms with Gasteiger partial charge in [0.1, 0.15) is 0 Å². The van der Waals surface area contributed by atoms with Gasteiger partial charge in [0, 0.05) is 33.3 Å². The van der Waals surface area contributed by atoms with Gasteiger partial charge in [0.2, 0.25) is 0 Å². The summed E-state index contributed by atoms with van der Waals surface area (Å²) in [6.07, 6.45) is 0. The molecule has 0 atom stereocenters. The van der Waals surface area contributed by atoms with Crippen LogP contribution < -0.4 is 4.90 Å². The highest BCUT2D eigenvalue weighted by Crippen LogP contribution is 2.49. The van der Waals surface area contributed by atoms with E-state index in [1.165, 1.54) is 60.4 Å². The van der Waals surface area contributed by atoms with Crippen LogP contribution in [-0.4, -0.2) is 4.57 Å². The number of hydrogen-bond acceptors (Lipinski definition) is 1. The van der Waals surface area contributed by atoms with Crippen LogP contribution in [0.2, 0.25) is 0 Å². The van der Waals surface area contributed by atoms with Crippen molar-refractivity contribution in [3.63, 3.8) is 0 Å². The van der Waals surface area contributed by atoms with Crippen LogP contribution >= 0.6 is 0 Å². The molecule has 2 heteroatoms. The summed E-state index contributed by atoms with van der Waals surface area (Å²) in [5.41, 5.74) is 16.2. The van der Waals surface area contributed by atoms with Gasteiger partial charge in [-0.3, -0.25) is 0 Å². The maximum absolute atomic E-state index is 2.49. The molecule has 282 valence electrons. The zero-order valence-electron chi connectivity index (χ0n) is 33.0. The summed E-state index contributed by atoms with van der Waals surface area (Å²) in [6.45, 7) is 0. The van der Waals surface area contributed by atoms with Crippen molar-refractivity contribution in [1.29, 1.82) is 0 Å². The largest absolute Gasteiger partial charge is 0.309 e. The fourth-order valence-corrected chi connectivity index (χ4v) is 9.07. The third kappa shape index (κ3) is 6.14. The molecule has 60 heavy (non-hydrogen) atoms. The Labute approximate surface area is 350 Å². The van der Waals surface area contributed by atoms with Crippen LogP contribution in [-0.2, 0) is 0 Å². The summed E-state index contributed by atoms with van der Waals surface area (Å²) in [5.74, 6) is 0. The Morgan fingerprint density at radius 2 is 0.850 bits per heavy atom. The van der Waals surface area contributed by atoms with Crippen LogP contribution in [0.4, 0.5) is 17.1 Å². The van der Waals surface area contributed by atoms with E-state index in [2.05, 4.69) is 252 Å². The molecular formula is C58H40N2. The van der Waals surface area contributed by atoms with E-state index in [4.69, 9.17) is 0 Å². The molecular weight excluding hydrogens is 725 g/mol. The molecule has 0 spiro atoms. The van der Waals surface area contributed by atoms with Crippen LogP contribution in [0.1, 0.15) is 0 Å². The van der Waals surface area contributed by atoms with Gasteiger partial charge in [-0.2, -0.15) is 0 Å². The Hall–Kier alpha value is -7.94. The van der Waals surface area contributed by atoms with Crippen LogP contribution in [0.15, 0.2) is 243 Å². The van der Waals surface area contributed by atoms with E-state index < -0.39 is 0 Å². The van der Waals surface area contributed by atoms with Crippen molar-refractivity contribution in [1.82, 2.24) is 4.57 Å². The molecule has 10 aromatic carbocycles. The van der Waals surface area contributed by atoms with Crippen LogP contribution in [0.3, 0.4) is 0 Å². The summed E-state index contributed by atoms with van der Waals surface area (Å²) < 4.78 is 2.39. The minimum absolute atomic E-state index is 1.08. The predicted molar refractivity (Wildman–Crippen MR) is 255 cm³/mol. The number of fused-ring (bicyclic) bond motifs is 4. The Kier molecular flexibility index (Phi) is 8.87. The number of nitrogens with zero attached hydrogens (tertiary/aromatic N) is 2. The van der Waals surface area contributed by atoms with Gasteiger partial charge < -0.3 is 9.47 Å². The van der Waals surface area contributed by atoms with E-state index in [-0.39, 0.29) is 0 Å². The molecule has 1 aromatic heterocycles. The van der Waals surface area contributed by atoms with E-state index >= 15 is 0 Å². The molecule has 0 aliphatic carbocycles. The molecule has 0 aliphatic heterocycles. The van der Waals surface area contributed by atoms with E-state index in [0.717, 1.165) is 39.4 Å². The standard InChI is InChI=1S/C58H40N2/c1-5-19-41(20-6-1)45-35-37-56(52(39-45)43-23-9-3-10-24-43)60(47-36-38-57-53(40-47)50-30-14-16-34-55(50)59(57)46-27-11-4-12-28-46)54-33-15-13-29-49(54)51-32-18-26-44-25-17-31-48(58(44)51)42-21-7-2-8-22-42/h1-40H. The first-order valence-corrected chi connectivity index (χ1v) is 20.6. The number of anilines is 3. The second kappa shape index (κ2) is 15.1. The van der Waals surface area contributed by atoms with Crippen molar-refractivity contribution in [3.05, 3.63) is 243 Å². The summed E-state index contributed by atoms with van der Waals surface area (Å²) in [4.78, 5) is 2.49. The zero-order valence-corrected chi connectivity index (χ0v) is 33.0. The van der Waals surface area contributed by atoms with Gasteiger partial charge in [0.05, 0.1) is 22.4 Å². The quantitative estimate of drug-likeness (QED) is 0.150. The highest BCUT2D eigenvalue weighted by molar-refractivity contribution is 6.12. The van der Waals surface area contributed by atoms with Crippen molar-refractivity contribution < 1.29 is 0 Å². The minimum atomic E-state index is 1.08. The summed E-state index contributed by atoms with van der Waals surface area (Å²) >= 11 is 0. The number of hydrogen-bond donors (Lipinski definition) is 0. The van der Waals surface area contributed by atoms with Crippen LogP contribution in [0.25, 0.3) is 82.8 Å². The highest BCUT2D eigenvalue weighted by Gasteiger charge is 2.24. The fourth-order valence-electron chi connectivity index (χ4n) is 9.07. The highest BCUT2D eigenvalue weighted by atomic mass is 15.1. The smallest absolute Gasteiger partial charge is 0.0542 e. The molecule has 0 bridgehead atoms. The van der Waals surface area contributed by atoms with Crippen LogP contribution in [0, 0.1) is 0 Å². The fraction of sp³-hybridized carbons (Fsp3) is 0. The van der Waals surface area contributed by atoms with Crippen molar-refractivity contribution in [2.24, 2.45) is 0 Å². The van der Waals surface area contributed by atoms with Gasteiger partial charge in [-0.25, -0.2) is 0 Å². The van der Waals surface area contributed by atoms with Gasteiger partial charge in [-0.05, 0) is 98.8 Å². The third-order valence-corrected chi connectivity index (χ3v) is 11.8.